The minimum Gasteiger partial charge on any atom is -0.494 e. The number of carbonyl (C=O) groups excluding carboxylic acids is 1. The molecule has 1 aliphatic heterocycles. The van der Waals surface area contributed by atoms with Crippen molar-refractivity contribution < 1.29 is 18.4 Å². The summed E-state index contributed by atoms with van der Waals surface area (Å²) in [5.41, 5.74) is 4.82. The molecule has 0 saturated carbocycles. The van der Waals surface area contributed by atoms with Gasteiger partial charge in [-0.1, -0.05) is 59.3 Å². The van der Waals surface area contributed by atoms with Gasteiger partial charge in [-0.15, -0.1) is 0 Å². The molecule has 8 heteroatoms. The molecule has 5 rings (SSSR count). The second-order valence-electron chi connectivity index (χ2n) is 8.89. The van der Waals surface area contributed by atoms with Crippen LogP contribution in [0, 0.1) is 12.7 Å². The SMILES string of the molecule is CCOc1ccc(CN2C(=O)NC(c3ccc(C)cc3)C(c3nc(-c4cccc(F)c4)no3)=C2C)cc1. The Morgan fingerprint density at radius 3 is 2.51 bits per heavy atom. The predicted molar refractivity (Wildman–Crippen MR) is 138 cm³/mol. The van der Waals surface area contributed by atoms with Crippen molar-refractivity contribution in [3.05, 3.63) is 107 Å². The molecule has 1 unspecified atom stereocenters. The Bertz CT molecular complexity index is 1440. The lowest BCUT2D eigenvalue weighted by Crippen LogP contribution is -2.45. The number of urea groups is 1. The molecule has 7 nitrogen and oxygen atoms in total. The van der Waals surface area contributed by atoms with Gasteiger partial charge in [-0.25, -0.2) is 9.18 Å². The zero-order valence-corrected chi connectivity index (χ0v) is 20.9. The minimum atomic E-state index is -0.495. The third-order valence-electron chi connectivity index (χ3n) is 6.32. The zero-order valence-electron chi connectivity index (χ0n) is 20.9. The second kappa shape index (κ2) is 10.3. The lowest BCUT2D eigenvalue weighted by molar-refractivity contribution is 0.203. The summed E-state index contributed by atoms with van der Waals surface area (Å²) in [6, 6.07) is 20.9. The minimum absolute atomic E-state index is 0.231. The Labute approximate surface area is 214 Å². The molecule has 1 aliphatic rings. The molecule has 2 amide bonds. The maximum Gasteiger partial charge on any atom is 0.322 e. The second-order valence-corrected chi connectivity index (χ2v) is 8.89. The highest BCUT2D eigenvalue weighted by Gasteiger charge is 2.35. The maximum absolute atomic E-state index is 13.8. The normalized spacial score (nSPS) is 15.6. The monoisotopic (exact) mass is 498 g/mol. The fourth-order valence-electron chi connectivity index (χ4n) is 4.38. The van der Waals surface area contributed by atoms with Gasteiger partial charge in [0.05, 0.1) is 24.8 Å². The van der Waals surface area contributed by atoms with Crippen LogP contribution in [-0.4, -0.2) is 27.7 Å². The molecule has 0 saturated heterocycles. The third-order valence-corrected chi connectivity index (χ3v) is 6.32. The van der Waals surface area contributed by atoms with Crippen molar-refractivity contribution in [3.8, 4) is 17.1 Å². The highest BCUT2D eigenvalue weighted by Crippen LogP contribution is 2.38. The van der Waals surface area contributed by atoms with Crippen LogP contribution in [0.25, 0.3) is 17.0 Å². The van der Waals surface area contributed by atoms with Crippen LogP contribution < -0.4 is 10.1 Å². The highest BCUT2D eigenvalue weighted by molar-refractivity contribution is 5.86. The quantitative estimate of drug-likeness (QED) is 0.324. The third kappa shape index (κ3) is 5.09. The smallest absolute Gasteiger partial charge is 0.322 e. The number of rotatable bonds is 7. The Morgan fingerprint density at radius 1 is 1.05 bits per heavy atom. The average Bonchev–Trinajstić information content (AvgIpc) is 3.38. The fourth-order valence-corrected chi connectivity index (χ4v) is 4.38. The summed E-state index contributed by atoms with van der Waals surface area (Å²) in [5.74, 6) is 0.923. The van der Waals surface area contributed by atoms with Gasteiger partial charge < -0.3 is 14.6 Å². The molecule has 1 aromatic heterocycles. The predicted octanol–water partition coefficient (Wildman–Crippen LogP) is 6.28. The number of nitrogens with zero attached hydrogens (tertiary/aromatic N) is 3. The molecule has 0 spiro atoms. The number of aromatic nitrogens is 2. The number of halogens is 1. The van der Waals surface area contributed by atoms with Crippen LogP contribution in [0.4, 0.5) is 9.18 Å². The Balaban J connectivity index is 1.55. The number of nitrogens with one attached hydrogen (secondary N) is 1. The number of carbonyl (C=O) groups is 1. The lowest BCUT2D eigenvalue weighted by Gasteiger charge is -2.35. The van der Waals surface area contributed by atoms with Gasteiger partial charge >= 0.3 is 6.03 Å². The van der Waals surface area contributed by atoms with Crippen molar-refractivity contribution in [1.82, 2.24) is 20.4 Å². The highest BCUT2D eigenvalue weighted by atomic mass is 19.1. The van der Waals surface area contributed by atoms with Gasteiger partial charge in [-0.05, 0) is 56.2 Å². The first-order valence-electron chi connectivity index (χ1n) is 12.1. The molecular weight excluding hydrogens is 471 g/mol. The van der Waals surface area contributed by atoms with Gasteiger partial charge in [0.25, 0.3) is 5.89 Å². The molecule has 4 aromatic rings. The first-order valence-corrected chi connectivity index (χ1v) is 12.1. The number of hydrogen-bond donors (Lipinski definition) is 1. The zero-order chi connectivity index (χ0) is 25.9. The molecule has 1 N–H and O–H groups in total. The molecule has 0 radical (unpaired) electrons. The van der Waals surface area contributed by atoms with E-state index in [-0.39, 0.29) is 23.6 Å². The van der Waals surface area contributed by atoms with E-state index in [0.29, 0.717) is 30.0 Å². The van der Waals surface area contributed by atoms with Crippen molar-refractivity contribution >= 4 is 11.6 Å². The molecule has 1 atom stereocenters. The Hall–Kier alpha value is -4.46. The van der Waals surface area contributed by atoms with Crippen LogP contribution in [0.2, 0.25) is 0 Å². The van der Waals surface area contributed by atoms with Crippen molar-refractivity contribution in [2.45, 2.75) is 33.4 Å². The summed E-state index contributed by atoms with van der Waals surface area (Å²) in [6.07, 6.45) is 0. The molecule has 37 heavy (non-hydrogen) atoms. The van der Waals surface area contributed by atoms with E-state index >= 15 is 0 Å². The van der Waals surface area contributed by atoms with E-state index in [1.807, 2.05) is 69.3 Å². The first-order chi connectivity index (χ1) is 17.9. The number of allylic oxidation sites excluding steroid dienone is 1. The van der Waals surface area contributed by atoms with Crippen molar-refractivity contribution in [2.24, 2.45) is 0 Å². The van der Waals surface area contributed by atoms with Crippen LogP contribution in [0.5, 0.6) is 5.75 Å². The number of aryl methyl sites for hydroxylation is 1. The Morgan fingerprint density at radius 2 is 1.81 bits per heavy atom. The summed E-state index contributed by atoms with van der Waals surface area (Å²) >= 11 is 0. The number of amides is 2. The van der Waals surface area contributed by atoms with Crippen LogP contribution in [0.1, 0.15) is 42.5 Å². The van der Waals surface area contributed by atoms with Crippen molar-refractivity contribution in [1.29, 1.82) is 0 Å². The van der Waals surface area contributed by atoms with E-state index in [0.717, 1.165) is 22.4 Å². The van der Waals surface area contributed by atoms with Gasteiger partial charge in [-0.2, -0.15) is 4.98 Å². The summed E-state index contributed by atoms with van der Waals surface area (Å²) in [4.78, 5) is 19.6. The fraction of sp³-hybridized carbons (Fsp3) is 0.207. The number of benzene rings is 3. The van der Waals surface area contributed by atoms with Crippen LogP contribution >= 0.6 is 0 Å². The van der Waals surface area contributed by atoms with E-state index in [1.54, 1.807) is 17.0 Å². The standard InChI is InChI=1S/C29H27FN4O3/c1-4-36-24-14-10-20(11-15-24)17-34-19(3)25(26(31-29(34)35)21-12-8-18(2)9-13-21)28-32-27(33-37-28)22-6-5-7-23(30)16-22/h5-16,26H,4,17H2,1-3H3,(H,31,35). The summed E-state index contributed by atoms with van der Waals surface area (Å²) in [7, 11) is 0. The molecule has 2 heterocycles. The van der Waals surface area contributed by atoms with E-state index in [9.17, 15) is 9.18 Å². The average molecular weight is 499 g/mol. The first kappa shape index (κ1) is 24.2. The van der Waals surface area contributed by atoms with Crippen LogP contribution in [0.15, 0.2) is 83.0 Å². The topological polar surface area (TPSA) is 80.5 Å². The van der Waals surface area contributed by atoms with E-state index < -0.39 is 6.04 Å². The number of ether oxygens (including phenoxy) is 1. The molecule has 0 bridgehead atoms. The van der Waals surface area contributed by atoms with Gasteiger partial charge in [0.2, 0.25) is 5.82 Å². The summed E-state index contributed by atoms with van der Waals surface area (Å²) in [6.45, 7) is 6.74. The summed E-state index contributed by atoms with van der Waals surface area (Å²) < 4.78 is 25.0. The van der Waals surface area contributed by atoms with Crippen molar-refractivity contribution in [3.63, 3.8) is 0 Å². The van der Waals surface area contributed by atoms with Crippen molar-refractivity contribution in [2.75, 3.05) is 6.61 Å². The Kier molecular flexibility index (Phi) is 6.72. The van der Waals surface area contributed by atoms with Crippen LogP contribution in [0.3, 0.4) is 0 Å². The molecular formula is C29H27FN4O3. The van der Waals surface area contributed by atoms with E-state index in [1.165, 1.54) is 12.1 Å². The van der Waals surface area contributed by atoms with E-state index in [4.69, 9.17) is 9.26 Å². The summed E-state index contributed by atoms with van der Waals surface area (Å²) in [5, 5.41) is 7.21. The van der Waals surface area contributed by atoms with Gasteiger partial charge in [0, 0.05) is 11.3 Å². The number of hydrogen-bond acceptors (Lipinski definition) is 5. The molecule has 0 aliphatic carbocycles. The maximum atomic E-state index is 13.8. The molecule has 0 fully saturated rings. The van der Waals surface area contributed by atoms with Gasteiger partial charge in [-0.3, -0.25) is 4.90 Å². The largest absolute Gasteiger partial charge is 0.494 e. The van der Waals surface area contributed by atoms with E-state index in [2.05, 4.69) is 15.5 Å². The van der Waals surface area contributed by atoms with Crippen LogP contribution in [-0.2, 0) is 6.54 Å². The molecule has 188 valence electrons. The molecule has 3 aromatic carbocycles. The van der Waals surface area contributed by atoms with Gasteiger partial charge in [0.15, 0.2) is 0 Å². The van der Waals surface area contributed by atoms with Gasteiger partial charge in [0.1, 0.15) is 11.6 Å². The lowest BCUT2D eigenvalue weighted by atomic mass is 9.94.